The van der Waals surface area contributed by atoms with Crippen molar-refractivity contribution < 1.29 is 14.6 Å². The Balaban J connectivity index is 2.29. The molecule has 0 bridgehead atoms. The van der Waals surface area contributed by atoms with E-state index in [1.807, 2.05) is 18.2 Å². The van der Waals surface area contributed by atoms with Crippen LogP contribution in [-0.2, 0) is 9.53 Å². The molecule has 0 aliphatic carbocycles. The predicted octanol–water partition coefficient (Wildman–Crippen LogP) is 1.77. The normalized spacial score (nSPS) is 12.8. The lowest BCUT2D eigenvalue weighted by molar-refractivity contribution is -0.137. The first kappa shape index (κ1) is 11.6. The van der Waals surface area contributed by atoms with Crippen LogP contribution in [0.4, 0.5) is 0 Å². The number of imidazole rings is 1. The van der Waals surface area contributed by atoms with Crippen LogP contribution in [0.25, 0.3) is 11.0 Å². The average Bonchev–Trinajstić information content (AvgIpc) is 2.74. The maximum Gasteiger partial charge on any atom is 0.304 e. The second-order valence-electron chi connectivity index (χ2n) is 3.93. The van der Waals surface area contributed by atoms with Crippen LogP contribution in [0.3, 0.4) is 0 Å². The third-order valence-electron chi connectivity index (χ3n) is 2.70. The SMILES string of the molecule is COCC(CC(=O)O)c1ccc2nc[nH]c2c1. The van der Waals surface area contributed by atoms with E-state index in [4.69, 9.17) is 9.84 Å². The number of fused-ring (bicyclic) bond motifs is 1. The minimum Gasteiger partial charge on any atom is -0.481 e. The summed E-state index contributed by atoms with van der Waals surface area (Å²) >= 11 is 0. The number of aromatic nitrogens is 2. The lowest BCUT2D eigenvalue weighted by Crippen LogP contribution is -2.11. The molecule has 1 aromatic carbocycles. The molecule has 1 atom stereocenters. The highest BCUT2D eigenvalue weighted by atomic mass is 16.5. The van der Waals surface area contributed by atoms with Gasteiger partial charge < -0.3 is 14.8 Å². The third kappa shape index (κ3) is 2.62. The summed E-state index contributed by atoms with van der Waals surface area (Å²) in [6.45, 7) is 0.395. The quantitative estimate of drug-likeness (QED) is 0.826. The van der Waals surface area contributed by atoms with Crippen LogP contribution >= 0.6 is 0 Å². The number of aliphatic carboxylic acids is 1. The number of hydrogen-bond donors (Lipinski definition) is 2. The van der Waals surface area contributed by atoms with Gasteiger partial charge in [-0.3, -0.25) is 4.79 Å². The minimum atomic E-state index is -0.822. The van der Waals surface area contributed by atoms with E-state index in [0.29, 0.717) is 6.61 Å². The van der Waals surface area contributed by atoms with Crippen molar-refractivity contribution in [2.75, 3.05) is 13.7 Å². The summed E-state index contributed by atoms with van der Waals surface area (Å²) in [4.78, 5) is 17.9. The van der Waals surface area contributed by atoms with E-state index >= 15 is 0 Å². The molecule has 17 heavy (non-hydrogen) atoms. The minimum absolute atomic E-state index is 0.0630. The molecule has 0 saturated carbocycles. The number of rotatable bonds is 5. The van der Waals surface area contributed by atoms with Gasteiger partial charge in [0.25, 0.3) is 0 Å². The number of H-pyrrole nitrogens is 1. The number of hydrogen-bond acceptors (Lipinski definition) is 3. The van der Waals surface area contributed by atoms with Crippen molar-refractivity contribution >= 4 is 17.0 Å². The topological polar surface area (TPSA) is 75.2 Å². The first-order valence-electron chi connectivity index (χ1n) is 5.34. The molecule has 0 amide bonds. The molecule has 2 N–H and O–H groups in total. The number of aromatic amines is 1. The van der Waals surface area contributed by atoms with E-state index in [1.54, 1.807) is 13.4 Å². The summed E-state index contributed by atoms with van der Waals surface area (Å²) in [5, 5.41) is 8.87. The predicted molar refractivity (Wildman–Crippen MR) is 63.0 cm³/mol. The molecular formula is C12H14N2O3. The van der Waals surface area contributed by atoms with E-state index in [2.05, 4.69) is 9.97 Å². The lowest BCUT2D eigenvalue weighted by Gasteiger charge is -2.14. The Kier molecular flexibility index (Phi) is 3.39. The van der Waals surface area contributed by atoms with E-state index in [-0.39, 0.29) is 12.3 Å². The number of carboxylic acid groups (broad SMARTS) is 1. The molecule has 5 heteroatoms. The number of ether oxygens (including phenoxy) is 1. The van der Waals surface area contributed by atoms with Gasteiger partial charge in [-0.1, -0.05) is 6.07 Å². The molecule has 0 saturated heterocycles. The summed E-state index contributed by atoms with van der Waals surface area (Å²) in [5.74, 6) is -0.957. The Morgan fingerprint density at radius 1 is 1.59 bits per heavy atom. The van der Waals surface area contributed by atoms with Crippen LogP contribution in [0.2, 0.25) is 0 Å². The van der Waals surface area contributed by atoms with Gasteiger partial charge in [-0.25, -0.2) is 4.98 Å². The van der Waals surface area contributed by atoms with E-state index in [9.17, 15) is 4.79 Å². The van der Waals surface area contributed by atoms with E-state index in [1.165, 1.54) is 0 Å². The Morgan fingerprint density at radius 3 is 3.12 bits per heavy atom. The van der Waals surface area contributed by atoms with Crippen LogP contribution in [0.15, 0.2) is 24.5 Å². The van der Waals surface area contributed by atoms with Crippen LogP contribution in [0.5, 0.6) is 0 Å². The maximum absolute atomic E-state index is 10.8. The summed E-state index contributed by atoms with van der Waals surface area (Å²) in [6, 6.07) is 5.70. The highest BCUT2D eigenvalue weighted by molar-refractivity contribution is 5.75. The van der Waals surface area contributed by atoms with E-state index < -0.39 is 5.97 Å². The highest BCUT2D eigenvalue weighted by Gasteiger charge is 2.16. The summed E-state index contributed by atoms with van der Waals surface area (Å²) in [5.41, 5.74) is 2.74. The first-order valence-corrected chi connectivity index (χ1v) is 5.34. The molecule has 5 nitrogen and oxygen atoms in total. The van der Waals surface area contributed by atoms with Gasteiger partial charge in [-0.15, -0.1) is 0 Å². The van der Waals surface area contributed by atoms with E-state index in [0.717, 1.165) is 16.6 Å². The second-order valence-corrected chi connectivity index (χ2v) is 3.93. The molecule has 0 radical (unpaired) electrons. The van der Waals surface area contributed by atoms with Gasteiger partial charge in [0.15, 0.2) is 0 Å². The molecule has 1 aromatic heterocycles. The molecular weight excluding hydrogens is 220 g/mol. The summed E-state index contributed by atoms with van der Waals surface area (Å²) in [7, 11) is 1.57. The lowest BCUT2D eigenvalue weighted by atomic mass is 9.96. The van der Waals surface area contributed by atoms with Crippen molar-refractivity contribution in [1.82, 2.24) is 9.97 Å². The van der Waals surface area contributed by atoms with Gasteiger partial charge >= 0.3 is 5.97 Å². The molecule has 1 heterocycles. The van der Waals surface area contributed by atoms with Crippen molar-refractivity contribution in [2.24, 2.45) is 0 Å². The molecule has 0 fully saturated rings. The number of nitrogens with one attached hydrogen (secondary N) is 1. The number of benzene rings is 1. The zero-order chi connectivity index (χ0) is 12.3. The molecule has 2 aromatic rings. The van der Waals surface area contributed by atoms with Gasteiger partial charge in [-0.05, 0) is 17.7 Å². The smallest absolute Gasteiger partial charge is 0.304 e. The van der Waals surface area contributed by atoms with Crippen molar-refractivity contribution in [1.29, 1.82) is 0 Å². The van der Waals surface area contributed by atoms with Gasteiger partial charge in [0.2, 0.25) is 0 Å². The zero-order valence-corrected chi connectivity index (χ0v) is 9.51. The molecule has 0 aliphatic heterocycles. The summed E-state index contributed by atoms with van der Waals surface area (Å²) < 4.78 is 5.06. The molecule has 0 spiro atoms. The average molecular weight is 234 g/mol. The van der Waals surface area contributed by atoms with Gasteiger partial charge in [-0.2, -0.15) is 0 Å². The monoisotopic (exact) mass is 234 g/mol. The van der Waals surface area contributed by atoms with Crippen molar-refractivity contribution in [3.05, 3.63) is 30.1 Å². The largest absolute Gasteiger partial charge is 0.481 e. The third-order valence-corrected chi connectivity index (χ3v) is 2.70. The second kappa shape index (κ2) is 4.97. The van der Waals surface area contributed by atoms with Crippen molar-refractivity contribution in [2.45, 2.75) is 12.3 Å². The molecule has 2 rings (SSSR count). The van der Waals surface area contributed by atoms with Gasteiger partial charge in [0.05, 0.1) is 30.4 Å². The van der Waals surface area contributed by atoms with Crippen molar-refractivity contribution in [3.63, 3.8) is 0 Å². The Labute approximate surface area is 98.4 Å². The first-order chi connectivity index (χ1) is 8.20. The highest BCUT2D eigenvalue weighted by Crippen LogP contribution is 2.23. The fourth-order valence-electron chi connectivity index (χ4n) is 1.89. The summed E-state index contributed by atoms with van der Waals surface area (Å²) in [6.07, 6.45) is 1.68. The number of nitrogens with zero attached hydrogens (tertiary/aromatic N) is 1. The number of carboxylic acids is 1. The van der Waals surface area contributed by atoms with Crippen molar-refractivity contribution in [3.8, 4) is 0 Å². The van der Waals surface area contributed by atoms with Crippen LogP contribution in [0, 0.1) is 0 Å². The molecule has 0 aliphatic rings. The zero-order valence-electron chi connectivity index (χ0n) is 9.51. The Bertz CT molecular complexity index is 521. The molecule has 1 unspecified atom stereocenters. The fraction of sp³-hybridized carbons (Fsp3) is 0.333. The van der Waals surface area contributed by atoms with Gasteiger partial charge in [0, 0.05) is 13.0 Å². The maximum atomic E-state index is 10.8. The number of methoxy groups -OCH3 is 1. The van der Waals surface area contributed by atoms with Crippen LogP contribution in [-0.4, -0.2) is 34.8 Å². The fourth-order valence-corrected chi connectivity index (χ4v) is 1.89. The van der Waals surface area contributed by atoms with Crippen LogP contribution < -0.4 is 0 Å². The Hall–Kier alpha value is -1.88. The number of carbonyl (C=O) groups is 1. The van der Waals surface area contributed by atoms with Crippen LogP contribution in [0.1, 0.15) is 17.9 Å². The standard InChI is InChI=1S/C12H14N2O3/c1-17-6-9(5-12(15)16)8-2-3-10-11(4-8)14-7-13-10/h2-4,7,9H,5-6H2,1H3,(H,13,14)(H,15,16). The Morgan fingerprint density at radius 2 is 2.41 bits per heavy atom. The van der Waals surface area contributed by atoms with Gasteiger partial charge in [0.1, 0.15) is 0 Å². The molecule has 90 valence electrons.